The molecule has 25 heavy (non-hydrogen) atoms. The van der Waals surface area contributed by atoms with E-state index in [1.165, 1.54) is 0 Å². The zero-order chi connectivity index (χ0) is 17.2. The van der Waals surface area contributed by atoms with Gasteiger partial charge in [-0.05, 0) is 31.0 Å². The van der Waals surface area contributed by atoms with Gasteiger partial charge < -0.3 is 14.8 Å². The Morgan fingerprint density at radius 3 is 2.68 bits per heavy atom. The Kier molecular flexibility index (Phi) is 4.09. The number of fused-ring (bicyclic) bond motifs is 1. The van der Waals surface area contributed by atoms with Crippen LogP contribution in [-0.4, -0.2) is 51.9 Å². The molecular weight excluding hydrogens is 314 g/mol. The van der Waals surface area contributed by atoms with E-state index in [1.807, 2.05) is 54.5 Å². The predicted molar refractivity (Wildman–Crippen MR) is 97.7 cm³/mol. The molecule has 1 fully saturated rings. The molecule has 0 spiro atoms. The molecule has 2 aromatic heterocycles. The molecule has 0 saturated carbocycles. The predicted octanol–water partition coefficient (Wildman–Crippen LogP) is 2.70. The second-order valence-corrected chi connectivity index (χ2v) is 6.44. The van der Waals surface area contributed by atoms with Crippen LogP contribution in [0.3, 0.4) is 0 Å². The molecule has 1 amide bonds. The van der Waals surface area contributed by atoms with Crippen LogP contribution in [0.15, 0.2) is 48.9 Å². The van der Waals surface area contributed by atoms with Gasteiger partial charge in [0.05, 0.1) is 5.39 Å². The number of hydrogen-bond donors (Lipinski definition) is 1. The molecule has 3 aromatic rings. The number of anilines is 1. The SMILES string of the molecule is CN(C(=O)c1ccccc1)C1CCN(c2ncnc3[nH]ccc23)CC1. The molecule has 0 atom stereocenters. The Bertz CT molecular complexity index is 868. The van der Waals surface area contributed by atoms with Crippen molar-refractivity contribution in [1.82, 2.24) is 19.9 Å². The van der Waals surface area contributed by atoms with Crippen molar-refractivity contribution in [1.29, 1.82) is 0 Å². The maximum absolute atomic E-state index is 12.6. The number of carbonyl (C=O) groups is 1. The average molecular weight is 335 g/mol. The minimum atomic E-state index is 0.0918. The number of benzene rings is 1. The molecule has 1 aromatic carbocycles. The average Bonchev–Trinajstić information content (AvgIpc) is 3.16. The molecule has 0 radical (unpaired) electrons. The molecule has 1 aliphatic heterocycles. The van der Waals surface area contributed by atoms with E-state index in [-0.39, 0.29) is 11.9 Å². The molecule has 1 saturated heterocycles. The summed E-state index contributed by atoms with van der Waals surface area (Å²) < 4.78 is 0. The molecule has 0 bridgehead atoms. The van der Waals surface area contributed by atoms with E-state index in [1.54, 1.807) is 6.33 Å². The maximum Gasteiger partial charge on any atom is 0.253 e. The van der Waals surface area contributed by atoms with Crippen LogP contribution in [0.2, 0.25) is 0 Å². The lowest BCUT2D eigenvalue weighted by Crippen LogP contribution is -2.45. The number of amides is 1. The van der Waals surface area contributed by atoms with Gasteiger partial charge >= 0.3 is 0 Å². The number of rotatable bonds is 3. The number of carbonyl (C=O) groups excluding carboxylic acids is 1. The second kappa shape index (κ2) is 6.55. The zero-order valence-corrected chi connectivity index (χ0v) is 14.2. The highest BCUT2D eigenvalue weighted by atomic mass is 16.2. The minimum absolute atomic E-state index is 0.0918. The summed E-state index contributed by atoms with van der Waals surface area (Å²) in [7, 11) is 1.91. The number of hydrogen-bond acceptors (Lipinski definition) is 4. The quantitative estimate of drug-likeness (QED) is 0.799. The Hall–Kier alpha value is -2.89. The maximum atomic E-state index is 12.6. The van der Waals surface area contributed by atoms with Gasteiger partial charge in [0, 0.05) is 37.9 Å². The third kappa shape index (κ3) is 2.95. The summed E-state index contributed by atoms with van der Waals surface area (Å²) in [5, 5.41) is 1.05. The number of nitrogens with zero attached hydrogens (tertiary/aromatic N) is 4. The topological polar surface area (TPSA) is 65.1 Å². The molecule has 6 heteroatoms. The summed E-state index contributed by atoms with van der Waals surface area (Å²) in [5.74, 6) is 1.07. The molecule has 3 heterocycles. The van der Waals surface area contributed by atoms with Crippen molar-refractivity contribution in [2.24, 2.45) is 0 Å². The molecule has 128 valence electrons. The van der Waals surface area contributed by atoms with E-state index in [4.69, 9.17) is 0 Å². The summed E-state index contributed by atoms with van der Waals surface area (Å²) >= 11 is 0. The normalized spacial score (nSPS) is 15.5. The van der Waals surface area contributed by atoms with Crippen molar-refractivity contribution in [3.05, 3.63) is 54.5 Å². The summed E-state index contributed by atoms with van der Waals surface area (Å²) in [6.07, 6.45) is 5.36. The van der Waals surface area contributed by atoms with Crippen molar-refractivity contribution < 1.29 is 4.79 Å². The smallest absolute Gasteiger partial charge is 0.253 e. The van der Waals surface area contributed by atoms with Gasteiger partial charge in [0.2, 0.25) is 0 Å². The Morgan fingerprint density at radius 2 is 1.92 bits per heavy atom. The van der Waals surface area contributed by atoms with Crippen LogP contribution in [0, 0.1) is 0 Å². The number of H-pyrrole nitrogens is 1. The number of nitrogens with one attached hydrogen (secondary N) is 1. The Balaban J connectivity index is 1.45. The van der Waals surface area contributed by atoms with Gasteiger partial charge in [-0.1, -0.05) is 18.2 Å². The summed E-state index contributed by atoms with van der Waals surface area (Å²) in [4.78, 5) is 28.6. The molecule has 4 rings (SSSR count). The zero-order valence-electron chi connectivity index (χ0n) is 14.2. The monoisotopic (exact) mass is 335 g/mol. The van der Waals surface area contributed by atoms with Crippen molar-refractivity contribution >= 4 is 22.8 Å². The largest absolute Gasteiger partial charge is 0.356 e. The molecule has 6 nitrogen and oxygen atoms in total. The van der Waals surface area contributed by atoms with Crippen LogP contribution in [0.1, 0.15) is 23.2 Å². The van der Waals surface area contributed by atoms with E-state index < -0.39 is 0 Å². The summed E-state index contributed by atoms with van der Waals surface area (Å²) in [6, 6.07) is 11.8. The van der Waals surface area contributed by atoms with E-state index in [2.05, 4.69) is 19.9 Å². The second-order valence-electron chi connectivity index (χ2n) is 6.44. The fourth-order valence-corrected chi connectivity index (χ4v) is 3.53. The molecule has 1 aliphatic rings. The lowest BCUT2D eigenvalue weighted by atomic mass is 10.0. The van der Waals surface area contributed by atoms with Crippen LogP contribution < -0.4 is 4.90 Å². The fourth-order valence-electron chi connectivity index (χ4n) is 3.53. The lowest BCUT2D eigenvalue weighted by molar-refractivity contribution is 0.0709. The van der Waals surface area contributed by atoms with E-state index in [0.29, 0.717) is 0 Å². The Morgan fingerprint density at radius 1 is 1.16 bits per heavy atom. The number of piperidine rings is 1. The summed E-state index contributed by atoms with van der Waals surface area (Å²) in [5.41, 5.74) is 1.61. The van der Waals surface area contributed by atoms with Gasteiger partial charge in [-0.2, -0.15) is 0 Å². The first-order valence-electron chi connectivity index (χ1n) is 8.59. The van der Waals surface area contributed by atoms with Gasteiger partial charge in [-0.3, -0.25) is 4.79 Å². The number of aromatic nitrogens is 3. The van der Waals surface area contributed by atoms with Crippen LogP contribution in [0.4, 0.5) is 5.82 Å². The van der Waals surface area contributed by atoms with Crippen LogP contribution in [0.5, 0.6) is 0 Å². The van der Waals surface area contributed by atoms with Crippen LogP contribution in [-0.2, 0) is 0 Å². The van der Waals surface area contributed by atoms with Gasteiger partial charge in [0.25, 0.3) is 5.91 Å². The lowest BCUT2D eigenvalue weighted by Gasteiger charge is -2.37. The van der Waals surface area contributed by atoms with Crippen molar-refractivity contribution in [3.63, 3.8) is 0 Å². The van der Waals surface area contributed by atoms with Gasteiger partial charge in [-0.15, -0.1) is 0 Å². The standard InChI is InChI=1S/C19H21N5O/c1-23(19(25)14-5-3-2-4-6-14)15-8-11-24(12-9-15)18-16-7-10-20-17(16)21-13-22-18/h2-7,10,13,15H,8-9,11-12H2,1H3,(H,20,21,22). The van der Waals surface area contributed by atoms with E-state index in [0.717, 1.165) is 48.3 Å². The highest BCUT2D eigenvalue weighted by Crippen LogP contribution is 2.26. The van der Waals surface area contributed by atoms with Crippen LogP contribution in [0.25, 0.3) is 11.0 Å². The highest BCUT2D eigenvalue weighted by Gasteiger charge is 2.27. The van der Waals surface area contributed by atoms with Gasteiger partial charge in [0.15, 0.2) is 0 Å². The minimum Gasteiger partial charge on any atom is -0.356 e. The molecule has 0 unspecified atom stereocenters. The van der Waals surface area contributed by atoms with Crippen LogP contribution >= 0.6 is 0 Å². The molecule has 1 N–H and O–H groups in total. The fraction of sp³-hybridized carbons (Fsp3) is 0.316. The first-order chi connectivity index (χ1) is 12.2. The number of aromatic amines is 1. The van der Waals surface area contributed by atoms with Gasteiger partial charge in [0.1, 0.15) is 17.8 Å². The van der Waals surface area contributed by atoms with E-state index >= 15 is 0 Å². The first kappa shape index (κ1) is 15.6. The van der Waals surface area contributed by atoms with Crippen molar-refractivity contribution in [2.75, 3.05) is 25.0 Å². The first-order valence-corrected chi connectivity index (χ1v) is 8.59. The molecular formula is C19H21N5O. The Labute approximate surface area is 146 Å². The third-order valence-electron chi connectivity index (χ3n) is 4.99. The van der Waals surface area contributed by atoms with E-state index in [9.17, 15) is 4.79 Å². The molecule has 0 aliphatic carbocycles. The summed E-state index contributed by atoms with van der Waals surface area (Å²) in [6.45, 7) is 1.77. The van der Waals surface area contributed by atoms with Crippen molar-refractivity contribution in [3.8, 4) is 0 Å². The third-order valence-corrected chi connectivity index (χ3v) is 4.99. The van der Waals surface area contributed by atoms with Crippen molar-refractivity contribution in [2.45, 2.75) is 18.9 Å². The van der Waals surface area contributed by atoms with Gasteiger partial charge in [-0.25, -0.2) is 9.97 Å². The highest BCUT2D eigenvalue weighted by molar-refractivity contribution is 5.94.